The molecule has 1 fully saturated rings. The highest BCUT2D eigenvalue weighted by molar-refractivity contribution is 7.92. The van der Waals surface area contributed by atoms with E-state index in [4.69, 9.17) is 5.73 Å². The Kier molecular flexibility index (Phi) is 1.28. The maximum atomic E-state index is 10.6. The Morgan fingerprint density at radius 3 is 2.12 bits per heavy atom. The van der Waals surface area contributed by atoms with Gasteiger partial charge in [-0.15, -0.1) is 0 Å². The quantitative estimate of drug-likeness (QED) is 0.525. The van der Waals surface area contributed by atoms with Gasteiger partial charge in [0.25, 0.3) is 0 Å². The lowest BCUT2D eigenvalue weighted by molar-refractivity contribution is 0.594. The molecule has 1 radical (unpaired) electrons. The fourth-order valence-corrected chi connectivity index (χ4v) is 1.64. The molecule has 0 bridgehead atoms. The lowest BCUT2D eigenvalue weighted by Crippen LogP contribution is -2.11. The second-order valence-electron chi connectivity index (χ2n) is 2.01. The Morgan fingerprint density at radius 1 is 1.50 bits per heavy atom. The van der Waals surface area contributed by atoms with Crippen LogP contribution in [-0.4, -0.2) is 19.5 Å². The summed E-state index contributed by atoms with van der Waals surface area (Å²) in [6, 6.07) is 0. The molecule has 3 nitrogen and oxygen atoms in total. The zero-order valence-electron chi connectivity index (χ0n) is 4.42. The third-order valence-corrected chi connectivity index (χ3v) is 3.12. The van der Waals surface area contributed by atoms with Gasteiger partial charge in [0, 0.05) is 0 Å². The van der Waals surface area contributed by atoms with E-state index in [1.165, 1.54) is 0 Å². The van der Waals surface area contributed by atoms with Gasteiger partial charge in [0.15, 0.2) is 9.84 Å². The number of hydrogen-bond donors (Lipinski definition) is 0. The third kappa shape index (κ3) is 1.00. The molecular formula is C4H8NO2S. The summed E-state index contributed by atoms with van der Waals surface area (Å²) in [5, 5.41) is -0.153. The molecule has 0 atom stereocenters. The molecule has 0 spiro atoms. The van der Waals surface area contributed by atoms with Gasteiger partial charge in [-0.2, -0.15) is 0 Å². The molecule has 1 saturated carbocycles. The van der Waals surface area contributed by atoms with Crippen molar-refractivity contribution >= 4 is 9.84 Å². The molecule has 0 unspecified atom stereocenters. The molecule has 1 aliphatic rings. The van der Waals surface area contributed by atoms with Crippen LogP contribution >= 0.6 is 0 Å². The highest BCUT2D eigenvalue weighted by Crippen LogP contribution is 2.27. The molecule has 1 N–H and O–H groups in total. The van der Waals surface area contributed by atoms with Gasteiger partial charge in [-0.1, -0.05) is 0 Å². The van der Waals surface area contributed by atoms with Gasteiger partial charge in [0.1, 0.15) is 5.88 Å². The fourth-order valence-electron chi connectivity index (χ4n) is 0.545. The Bertz CT molecular complexity index is 168. The van der Waals surface area contributed by atoms with E-state index in [-0.39, 0.29) is 5.25 Å². The summed E-state index contributed by atoms with van der Waals surface area (Å²) in [4.78, 5) is 0. The summed E-state index contributed by atoms with van der Waals surface area (Å²) in [6.45, 7) is 0. The van der Waals surface area contributed by atoms with Crippen molar-refractivity contribution < 1.29 is 8.42 Å². The van der Waals surface area contributed by atoms with Gasteiger partial charge >= 0.3 is 0 Å². The topological polar surface area (TPSA) is 57.9 Å². The Hall–Kier alpha value is -0.0900. The van der Waals surface area contributed by atoms with Crippen molar-refractivity contribution in [3.8, 4) is 0 Å². The van der Waals surface area contributed by atoms with E-state index in [1.54, 1.807) is 0 Å². The van der Waals surface area contributed by atoms with Gasteiger partial charge in [-0.05, 0) is 12.8 Å². The maximum absolute atomic E-state index is 10.6. The zero-order valence-corrected chi connectivity index (χ0v) is 5.24. The summed E-state index contributed by atoms with van der Waals surface area (Å²) in [5.74, 6) is -0.433. The molecule has 0 aromatic carbocycles. The minimum absolute atomic E-state index is 0.153. The van der Waals surface area contributed by atoms with Crippen molar-refractivity contribution in [2.75, 3.05) is 5.88 Å². The number of rotatable bonds is 2. The number of nitrogens with one attached hydrogen (secondary N) is 1. The van der Waals surface area contributed by atoms with Crippen LogP contribution in [0.1, 0.15) is 12.8 Å². The van der Waals surface area contributed by atoms with Gasteiger partial charge in [-0.3, -0.25) is 0 Å². The van der Waals surface area contributed by atoms with E-state index < -0.39 is 15.7 Å². The summed E-state index contributed by atoms with van der Waals surface area (Å²) in [7, 11) is -2.96. The van der Waals surface area contributed by atoms with Crippen molar-refractivity contribution in [2.24, 2.45) is 0 Å². The highest BCUT2D eigenvalue weighted by atomic mass is 32.2. The maximum Gasteiger partial charge on any atom is 0.167 e. The molecule has 1 aliphatic carbocycles. The first kappa shape index (κ1) is 6.04. The second kappa shape index (κ2) is 1.70. The normalized spacial score (nSPS) is 21.1. The lowest BCUT2D eigenvalue weighted by atomic mass is 11.0. The Balaban J connectivity index is 2.65. The fraction of sp³-hybridized carbons (Fsp3) is 1.00. The van der Waals surface area contributed by atoms with E-state index in [9.17, 15) is 8.42 Å². The molecule has 47 valence electrons. The van der Waals surface area contributed by atoms with Gasteiger partial charge in [0.05, 0.1) is 5.25 Å². The number of hydrogen-bond acceptors (Lipinski definition) is 2. The van der Waals surface area contributed by atoms with E-state index in [2.05, 4.69) is 0 Å². The van der Waals surface area contributed by atoms with E-state index in [1.807, 2.05) is 0 Å². The summed E-state index contributed by atoms with van der Waals surface area (Å²) in [6.07, 6.45) is 1.56. The van der Waals surface area contributed by atoms with Crippen LogP contribution in [0.3, 0.4) is 0 Å². The van der Waals surface area contributed by atoms with Crippen LogP contribution in [0, 0.1) is 0 Å². The van der Waals surface area contributed by atoms with Crippen molar-refractivity contribution in [1.82, 2.24) is 5.73 Å². The smallest absolute Gasteiger partial charge is 0.167 e. The molecule has 8 heavy (non-hydrogen) atoms. The molecule has 0 aromatic heterocycles. The summed E-state index contributed by atoms with van der Waals surface area (Å²) >= 11 is 0. The van der Waals surface area contributed by atoms with Crippen LogP contribution in [-0.2, 0) is 9.84 Å². The molecular weight excluding hydrogens is 126 g/mol. The van der Waals surface area contributed by atoms with E-state index >= 15 is 0 Å². The molecule has 0 aliphatic heterocycles. The van der Waals surface area contributed by atoms with Crippen LogP contribution in [0.25, 0.3) is 0 Å². The molecule has 4 heteroatoms. The first-order chi connectivity index (χ1) is 3.67. The Labute approximate surface area is 48.8 Å². The average Bonchev–Trinajstić information content (AvgIpc) is 2.44. The van der Waals surface area contributed by atoms with Crippen LogP contribution in [0.15, 0.2) is 0 Å². The van der Waals surface area contributed by atoms with Crippen molar-refractivity contribution in [1.29, 1.82) is 0 Å². The summed E-state index contributed by atoms with van der Waals surface area (Å²) in [5.41, 5.74) is 6.59. The van der Waals surface area contributed by atoms with E-state index in [0.717, 1.165) is 12.8 Å². The molecule has 1 rings (SSSR count). The molecule has 0 saturated heterocycles. The first-order valence-corrected chi connectivity index (χ1v) is 4.24. The largest absolute Gasteiger partial charge is 0.242 e. The standard InChI is InChI=1S/C4H8NO2S/c5-3-8(6,7)4-1-2-4/h4-5H,1-3H2. The van der Waals surface area contributed by atoms with Crippen molar-refractivity contribution in [3.63, 3.8) is 0 Å². The summed E-state index contributed by atoms with van der Waals surface area (Å²) < 4.78 is 21.1. The van der Waals surface area contributed by atoms with Crippen LogP contribution in [0.4, 0.5) is 0 Å². The first-order valence-electron chi connectivity index (χ1n) is 2.53. The highest BCUT2D eigenvalue weighted by Gasteiger charge is 2.34. The zero-order chi connectivity index (χ0) is 6.20. The Morgan fingerprint density at radius 2 is 2.00 bits per heavy atom. The minimum atomic E-state index is -2.96. The van der Waals surface area contributed by atoms with Gasteiger partial charge in [0.2, 0.25) is 0 Å². The van der Waals surface area contributed by atoms with Crippen LogP contribution in [0.2, 0.25) is 0 Å². The van der Waals surface area contributed by atoms with Crippen molar-refractivity contribution in [3.05, 3.63) is 0 Å². The number of sulfone groups is 1. The second-order valence-corrected chi connectivity index (χ2v) is 4.29. The minimum Gasteiger partial charge on any atom is -0.242 e. The van der Waals surface area contributed by atoms with Crippen LogP contribution in [0.5, 0.6) is 0 Å². The van der Waals surface area contributed by atoms with E-state index in [0.29, 0.717) is 0 Å². The lowest BCUT2D eigenvalue weighted by Gasteiger charge is -1.91. The SMILES string of the molecule is [NH]CS(=O)(=O)C1CC1. The monoisotopic (exact) mass is 134 g/mol. The molecule has 0 aromatic rings. The average molecular weight is 134 g/mol. The van der Waals surface area contributed by atoms with Crippen molar-refractivity contribution in [2.45, 2.75) is 18.1 Å². The van der Waals surface area contributed by atoms with Gasteiger partial charge < -0.3 is 0 Å². The van der Waals surface area contributed by atoms with Gasteiger partial charge in [-0.25, -0.2) is 14.2 Å². The predicted molar refractivity (Wildman–Crippen MR) is 29.9 cm³/mol. The predicted octanol–water partition coefficient (Wildman–Crippen LogP) is -0.196. The molecule has 0 amide bonds. The third-order valence-electron chi connectivity index (χ3n) is 1.23. The van der Waals surface area contributed by atoms with Crippen LogP contribution < -0.4 is 5.73 Å². The molecule has 0 heterocycles.